The van der Waals surface area contributed by atoms with Crippen molar-refractivity contribution in [3.05, 3.63) is 0 Å². The highest BCUT2D eigenvalue weighted by Gasteiger charge is 2.22. The van der Waals surface area contributed by atoms with E-state index >= 15 is 0 Å². The van der Waals surface area contributed by atoms with Gasteiger partial charge in [-0.15, -0.1) is 0 Å². The summed E-state index contributed by atoms with van der Waals surface area (Å²) in [4.78, 5) is 26.9. The van der Waals surface area contributed by atoms with Crippen molar-refractivity contribution in [2.45, 2.75) is 52.9 Å². The third kappa shape index (κ3) is 8.52. The molecule has 0 aliphatic carbocycles. The molecule has 0 aromatic heterocycles. The molecular formula is C18H35N3O3. The van der Waals surface area contributed by atoms with Crippen molar-refractivity contribution in [1.82, 2.24) is 15.1 Å². The molecule has 0 saturated carbocycles. The lowest BCUT2D eigenvalue weighted by atomic mass is 9.93. The molecule has 1 aliphatic heterocycles. The van der Waals surface area contributed by atoms with Crippen LogP contribution in [0.3, 0.4) is 0 Å². The highest BCUT2D eigenvalue weighted by atomic mass is 16.4. The normalized spacial score (nSPS) is 16.0. The number of piperidine rings is 1. The second-order valence-electron chi connectivity index (χ2n) is 7.24. The lowest BCUT2D eigenvalue weighted by Crippen LogP contribution is -2.45. The number of carbonyl (C=O) groups excluding carboxylic acids is 1. The fourth-order valence-electron chi connectivity index (χ4n) is 3.23. The predicted octanol–water partition coefficient (Wildman–Crippen LogP) is 2.64. The van der Waals surface area contributed by atoms with Gasteiger partial charge in [0.2, 0.25) is 0 Å². The molecule has 0 aromatic rings. The summed E-state index contributed by atoms with van der Waals surface area (Å²) in [7, 11) is 0. The first kappa shape index (κ1) is 20.7. The van der Waals surface area contributed by atoms with E-state index in [-0.39, 0.29) is 12.5 Å². The van der Waals surface area contributed by atoms with Gasteiger partial charge >= 0.3 is 12.0 Å². The van der Waals surface area contributed by atoms with E-state index in [0.717, 1.165) is 45.6 Å². The Morgan fingerprint density at radius 1 is 1.29 bits per heavy atom. The minimum absolute atomic E-state index is 0.0474. The average molecular weight is 341 g/mol. The largest absolute Gasteiger partial charge is 0.481 e. The molecule has 6 heteroatoms. The molecule has 1 saturated heterocycles. The number of likely N-dealkylation sites (tertiary alicyclic amines) is 1. The third-order valence-electron chi connectivity index (χ3n) is 4.67. The van der Waals surface area contributed by atoms with Crippen LogP contribution in [0.15, 0.2) is 0 Å². The summed E-state index contributed by atoms with van der Waals surface area (Å²) in [6, 6.07) is -0.0474. The Morgan fingerprint density at radius 2 is 1.96 bits per heavy atom. The number of rotatable bonds is 10. The van der Waals surface area contributed by atoms with Crippen LogP contribution in [-0.2, 0) is 4.79 Å². The van der Waals surface area contributed by atoms with Crippen molar-refractivity contribution < 1.29 is 14.7 Å². The molecule has 0 aromatic carbocycles. The van der Waals surface area contributed by atoms with E-state index in [0.29, 0.717) is 24.8 Å². The van der Waals surface area contributed by atoms with Gasteiger partial charge in [0.25, 0.3) is 0 Å². The van der Waals surface area contributed by atoms with Gasteiger partial charge in [-0.3, -0.25) is 4.79 Å². The van der Waals surface area contributed by atoms with Crippen molar-refractivity contribution in [1.29, 1.82) is 0 Å². The number of hydrogen-bond donors (Lipinski definition) is 2. The van der Waals surface area contributed by atoms with Crippen molar-refractivity contribution in [3.8, 4) is 0 Å². The molecule has 1 heterocycles. The van der Waals surface area contributed by atoms with Crippen LogP contribution in [0.1, 0.15) is 52.9 Å². The minimum atomic E-state index is -0.816. The average Bonchev–Trinajstić information content (AvgIpc) is 2.55. The number of carboxylic acids is 1. The van der Waals surface area contributed by atoms with E-state index < -0.39 is 5.97 Å². The Kier molecular flexibility index (Phi) is 9.76. The number of carbonyl (C=O) groups is 2. The van der Waals surface area contributed by atoms with E-state index in [4.69, 9.17) is 5.11 Å². The molecule has 1 aliphatic rings. The number of nitrogens with one attached hydrogen (secondary N) is 1. The first-order valence-electron chi connectivity index (χ1n) is 9.39. The Bertz CT molecular complexity index is 380. The van der Waals surface area contributed by atoms with E-state index in [1.165, 1.54) is 6.42 Å². The van der Waals surface area contributed by atoms with E-state index in [2.05, 4.69) is 31.0 Å². The highest BCUT2D eigenvalue weighted by molar-refractivity contribution is 5.74. The maximum Gasteiger partial charge on any atom is 0.317 e. The number of carboxylic acid groups (broad SMARTS) is 1. The second-order valence-corrected chi connectivity index (χ2v) is 7.24. The molecule has 0 radical (unpaired) electrons. The minimum Gasteiger partial charge on any atom is -0.481 e. The Labute approximate surface area is 146 Å². The van der Waals surface area contributed by atoms with Gasteiger partial charge in [0.1, 0.15) is 0 Å². The van der Waals surface area contributed by atoms with Crippen LogP contribution in [0.5, 0.6) is 0 Å². The molecule has 24 heavy (non-hydrogen) atoms. The Balaban J connectivity index is 2.18. The summed E-state index contributed by atoms with van der Waals surface area (Å²) in [5, 5.41) is 11.4. The van der Waals surface area contributed by atoms with Gasteiger partial charge in [-0.1, -0.05) is 20.8 Å². The highest BCUT2D eigenvalue weighted by Crippen LogP contribution is 2.21. The van der Waals surface area contributed by atoms with Gasteiger partial charge in [0.05, 0.1) is 0 Å². The quantitative estimate of drug-likeness (QED) is 0.599. The van der Waals surface area contributed by atoms with Crippen molar-refractivity contribution in [2.75, 3.05) is 39.3 Å². The number of urea groups is 1. The molecule has 6 nitrogen and oxygen atoms in total. The van der Waals surface area contributed by atoms with Crippen molar-refractivity contribution >= 4 is 12.0 Å². The zero-order valence-corrected chi connectivity index (χ0v) is 15.6. The fraction of sp³-hybridized carbons (Fsp3) is 0.889. The van der Waals surface area contributed by atoms with Gasteiger partial charge in [-0.05, 0) is 50.6 Å². The van der Waals surface area contributed by atoms with Gasteiger partial charge in [-0.25, -0.2) is 4.79 Å². The zero-order chi connectivity index (χ0) is 17.9. The maximum absolute atomic E-state index is 12.0. The first-order chi connectivity index (χ1) is 11.4. The molecular weight excluding hydrogens is 306 g/mol. The third-order valence-corrected chi connectivity index (χ3v) is 4.67. The molecule has 0 atom stereocenters. The lowest BCUT2D eigenvalue weighted by molar-refractivity contribution is -0.137. The molecule has 0 bridgehead atoms. The summed E-state index contributed by atoms with van der Waals surface area (Å²) in [5.41, 5.74) is 0. The number of amides is 2. The number of aliphatic carboxylic acids is 1. The monoisotopic (exact) mass is 341 g/mol. The predicted molar refractivity (Wildman–Crippen MR) is 96.1 cm³/mol. The van der Waals surface area contributed by atoms with E-state index in [1.807, 2.05) is 4.90 Å². The van der Waals surface area contributed by atoms with Crippen LogP contribution in [0, 0.1) is 11.8 Å². The lowest BCUT2D eigenvalue weighted by Gasteiger charge is -2.33. The van der Waals surface area contributed by atoms with Crippen LogP contribution in [-0.4, -0.2) is 66.2 Å². The van der Waals surface area contributed by atoms with Crippen LogP contribution in [0.4, 0.5) is 4.79 Å². The molecule has 2 N–H and O–H groups in total. The molecule has 0 spiro atoms. The van der Waals surface area contributed by atoms with Crippen molar-refractivity contribution in [2.24, 2.45) is 11.8 Å². The van der Waals surface area contributed by atoms with Crippen LogP contribution >= 0.6 is 0 Å². The van der Waals surface area contributed by atoms with Gasteiger partial charge in [0, 0.05) is 32.6 Å². The number of nitrogens with zero attached hydrogens (tertiary/aromatic N) is 2. The molecule has 2 amide bonds. The molecule has 140 valence electrons. The second kappa shape index (κ2) is 11.3. The fourth-order valence-corrected chi connectivity index (χ4v) is 3.23. The van der Waals surface area contributed by atoms with E-state index in [9.17, 15) is 9.59 Å². The van der Waals surface area contributed by atoms with Crippen molar-refractivity contribution in [3.63, 3.8) is 0 Å². The van der Waals surface area contributed by atoms with Gasteiger partial charge in [0.15, 0.2) is 0 Å². The first-order valence-corrected chi connectivity index (χ1v) is 9.39. The van der Waals surface area contributed by atoms with Gasteiger partial charge in [-0.2, -0.15) is 0 Å². The number of hydrogen-bond acceptors (Lipinski definition) is 3. The van der Waals surface area contributed by atoms with Crippen LogP contribution < -0.4 is 5.32 Å². The smallest absolute Gasteiger partial charge is 0.317 e. The molecule has 1 rings (SSSR count). The maximum atomic E-state index is 12.0. The molecule has 1 fully saturated rings. The van der Waals surface area contributed by atoms with Gasteiger partial charge < -0.3 is 20.2 Å². The summed E-state index contributed by atoms with van der Waals surface area (Å²) >= 11 is 0. The standard InChI is InChI=1S/C18H35N3O3/c1-4-20(14-15(2)3)11-7-16-8-12-21(13-9-16)18(24)19-10-5-6-17(22)23/h15-16H,4-14H2,1-3H3,(H,19,24)(H,22,23). The Morgan fingerprint density at radius 3 is 2.50 bits per heavy atom. The summed E-state index contributed by atoms with van der Waals surface area (Å²) < 4.78 is 0. The zero-order valence-electron chi connectivity index (χ0n) is 15.6. The van der Waals surface area contributed by atoms with Crippen LogP contribution in [0.25, 0.3) is 0 Å². The SMILES string of the molecule is CCN(CCC1CCN(C(=O)NCCCC(=O)O)CC1)CC(C)C. The summed E-state index contributed by atoms with van der Waals surface area (Å²) in [6.07, 6.45) is 3.95. The molecule has 0 unspecified atom stereocenters. The topological polar surface area (TPSA) is 72.9 Å². The Hall–Kier alpha value is -1.30. The van der Waals surface area contributed by atoms with Crippen LogP contribution in [0.2, 0.25) is 0 Å². The van der Waals surface area contributed by atoms with E-state index in [1.54, 1.807) is 0 Å². The summed E-state index contributed by atoms with van der Waals surface area (Å²) in [5.74, 6) is 0.600. The summed E-state index contributed by atoms with van der Waals surface area (Å²) in [6.45, 7) is 12.2.